The summed E-state index contributed by atoms with van der Waals surface area (Å²) in [5, 5.41) is 0.520. The molecule has 1 aliphatic rings. The van der Waals surface area contributed by atoms with E-state index in [-0.39, 0.29) is 19.3 Å². The molecule has 1 rings (SSSR count). The minimum absolute atomic E-state index is 0.0168. The van der Waals surface area contributed by atoms with Crippen LogP contribution in [0.1, 0.15) is 33.1 Å². The van der Waals surface area contributed by atoms with Crippen molar-refractivity contribution in [3.05, 3.63) is 12.7 Å². The van der Waals surface area contributed by atoms with E-state index in [1.165, 1.54) is 6.08 Å². The molecule has 0 spiro atoms. The van der Waals surface area contributed by atoms with E-state index in [9.17, 15) is 14.4 Å². The summed E-state index contributed by atoms with van der Waals surface area (Å²) < 4.78 is 0. The number of hydroxylamine groups is 2. The van der Waals surface area contributed by atoms with Crippen LogP contribution in [-0.2, 0) is 19.2 Å². The molecule has 1 heterocycles. The van der Waals surface area contributed by atoms with Crippen LogP contribution in [0.15, 0.2) is 12.7 Å². The van der Waals surface area contributed by atoms with Crippen molar-refractivity contribution in [2.45, 2.75) is 33.1 Å². The van der Waals surface area contributed by atoms with E-state index in [2.05, 4.69) is 11.4 Å². The Morgan fingerprint density at radius 2 is 1.87 bits per heavy atom. The van der Waals surface area contributed by atoms with Gasteiger partial charge in [0.15, 0.2) is 0 Å². The zero-order valence-electron chi connectivity index (χ0n) is 8.99. The van der Waals surface area contributed by atoms with Crippen LogP contribution in [0, 0.1) is 0 Å². The Bertz CT molecular complexity index is 257. The summed E-state index contributed by atoms with van der Waals surface area (Å²) in [6.45, 7) is 7.32. The summed E-state index contributed by atoms with van der Waals surface area (Å²) in [5.74, 6) is -1.59. The predicted octanol–water partition coefficient (Wildman–Crippen LogP) is 1.20. The lowest BCUT2D eigenvalue weighted by Gasteiger charge is -2.11. The second kappa shape index (κ2) is 6.75. The van der Waals surface area contributed by atoms with E-state index < -0.39 is 17.8 Å². The van der Waals surface area contributed by atoms with Crippen molar-refractivity contribution in [3.8, 4) is 0 Å². The normalized spacial score (nSPS) is 14.4. The average molecular weight is 213 g/mol. The van der Waals surface area contributed by atoms with Crippen LogP contribution < -0.4 is 0 Å². The summed E-state index contributed by atoms with van der Waals surface area (Å²) >= 11 is 0. The molecule has 0 saturated carbocycles. The quantitative estimate of drug-likeness (QED) is 0.522. The van der Waals surface area contributed by atoms with Crippen molar-refractivity contribution in [2.24, 2.45) is 0 Å². The largest absolute Gasteiger partial charge is 0.336 e. The molecule has 84 valence electrons. The topological polar surface area (TPSA) is 63.7 Å². The first kappa shape index (κ1) is 13.4. The van der Waals surface area contributed by atoms with E-state index in [0.717, 1.165) is 0 Å². The molecule has 5 heteroatoms. The summed E-state index contributed by atoms with van der Waals surface area (Å²) in [4.78, 5) is 37.2. The zero-order valence-corrected chi connectivity index (χ0v) is 8.99. The maximum atomic E-state index is 10.9. The van der Waals surface area contributed by atoms with Gasteiger partial charge in [-0.1, -0.05) is 19.9 Å². The molecule has 0 bridgehead atoms. The lowest BCUT2D eigenvalue weighted by molar-refractivity contribution is -0.196. The first-order valence-electron chi connectivity index (χ1n) is 4.82. The summed E-state index contributed by atoms with van der Waals surface area (Å²) in [6.07, 6.45) is 1.55. The van der Waals surface area contributed by atoms with Gasteiger partial charge in [0, 0.05) is 12.8 Å². The third-order valence-corrected chi connectivity index (χ3v) is 1.51. The van der Waals surface area contributed by atoms with Gasteiger partial charge in [0.05, 0.1) is 6.42 Å². The number of imide groups is 1. The number of carbonyl (C=O) groups excluding carboxylic acids is 3. The maximum absolute atomic E-state index is 10.9. The Hall–Kier alpha value is -1.65. The van der Waals surface area contributed by atoms with Gasteiger partial charge in [-0.15, -0.1) is 11.6 Å². The Morgan fingerprint density at radius 3 is 2.27 bits per heavy atom. The third-order valence-electron chi connectivity index (χ3n) is 1.51. The highest BCUT2D eigenvalue weighted by atomic mass is 16.7. The fourth-order valence-electron chi connectivity index (χ4n) is 0.915. The molecular formula is C10H15NO4. The van der Waals surface area contributed by atoms with Crippen molar-refractivity contribution in [1.29, 1.82) is 0 Å². The van der Waals surface area contributed by atoms with Gasteiger partial charge in [-0.25, -0.2) is 4.79 Å². The number of amides is 2. The minimum atomic E-state index is -0.654. The lowest BCUT2D eigenvalue weighted by Crippen LogP contribution is -2.31. The molecule has 0 aliphatic carbocycles. The standard InChI is InChI=1S/C8H9NO4.C2H6/c1-2-3-8(12)13-9-6(10)4-5-7(9)11;1-2/h2H,1,3-5H2;1-2H3. The molecule has 15 heavy (non-hydrogen) atoms. The van der Waals surface area contributed by atoms with Crippen molar-refractivity contribution in [2.75, 3.05) is 0 Å². The van der Waals surface area contributed by atoms with Gasteiger partial charge in [-0.3, -0.25) is 9.59 Å². The van der Waals surface area contributed by atoms with E-state index in [0.29, 0.717) is 5.06 Å². The molecule has 1 aliphatic heterocycles. The maximum Gasteiger partial charge on any atom is 0.336 e. The van der Waals surface area contributed by atoms with E-state index in [1.54, 1.807) is 0 Å². The monoisotopic (exact) mass is 213 g/mol. The lowest BCUT2D eigenvalue weighted by atomic mass is 10.4. The smallest absolute Gasteiger partial charge is 0.330 e. The third kappa shape index (κ3) is 3.93. The van der Waals surface area contributed by atoms with Crippen molar-refractivity contribution in [1.82, 2.24) is 5.06 Å². The van der Waals surface area contributed by atoms with Crippen LogP contribution in [0.2, 0.25) is 0 Å². The Balaban J connectivity index is 0.000000921. The first-order chi connectivity index (χ1) is 7.15. The van der Waals surface area contributed by atoms with Gasteiger partial charge < -0.3 is 4.84 Å². The molecule has 0 atom stereocenters. The SMILES string of the molecule is C=CCC(=O)ON1C(=O)CCC1=O.CC. The molecule has 1 saturated heterocycles. The second-order valence-electron chi connectivity index (χ2n) is 2.54. The Morgan fingerprint density at radius 1 is 1.40 bits per heavy atom. The van der Waals surface area contributed by atoms with Gasteiger partial charge in [-0.05, 0) is 0 Å². The molecule has 0 N–H and O–H groups in total. The zero-order chi connectivity index (χ0) is 11.8. The molecule has 0 aromatic rings. The van der Waals surface area contributed by atoms with Gasteiger partial charge in [0.1, 0.15) is 0 Å². The number of hydrogen-bond donors (Lipinski definition) is 0. The van der Waals surface area contributed by atoms with Gasteiger partial charge in [0.2, 0.25) is 0 Å². The van der Waals surface area contributed by atoms with Gasteiger partial charge in [0.25, 0.3) is 11.8 Å². The predicted molar refractivity (Wildman–Crippen MR) is 53.3 cm³/mol. The van der Waals surface area contributed by atoms with Crippen LogP contribution in [0.25, 0.3) is 0 Å². The second-order valence-corrected chi connectivity index (χ2v) is 2.54. The van der Waals surface area contributed by atoms with E-state index in [4.69, 9.17) is 0 Å². The van der Waals surface area contributed by atoms with Crippen LogP contribution in [-0.4, -0.2) is 22.8 Å². The molecule has 0 radical (unpaired) electrons. The number of rotatable bonds is 3. The summed E-state index contributed by atoms with van der Waals surface area (Å²) in [6, 6.07) is 0. The molecule has 0 unspecified atom stereocenters. The minimum Gasteiger partial charge on any atom is -0.330 e. The Labute approximate surface area is 88.6 Å². The highest BCUT2D eigenvalue weighted by molar-refractivity contribution is 6.01. The van der Waals surface area contributed by atoms with Crippen molar-refractivity contribution >= 4 is 17.8 Å². The molecule has 0 aromatic carbocycles. The fourth-order valence-corrected chi connectivity index (χ4v) is 0.915. The number of hydrogen-bond acceptors (Lipinski definition) is 4. The summed E-state index contributed by atoms with van der Waals surface area (Å²) in [7, 11) is 0. The van der Waals surface area contributed by atoms with Crippen LogP contribution in [0.3, 0.4) is 0 Å². The average Bonchev–Trinajstić information content (AvgIpc) is 2.53. The van der Waals surface area contributed by atoms with Crippen LogP contribution >= 0.6 is 0 Å². The van der Waals surface area contributed by atoms with Crippen molar-refractivity contribution < 1.29 is 19.2 Å². The van der Waals surface area contributed by atoms with E-state index >= 15 is 0 Å². The number of carbonyl (C=O) groups is 3. The van der Waals surface area contributed by atoms with E-state index in [1.807, 2.05) is 13.8 Å². The number of nitrogens with zero attached hydrogens (tertiary/aromatic N) is 1. The molecular weight excluding hydrogens is 198 g/mol. The molecule has 2 amide bonds. The van der Waals surface area contributed by atoms with Crippen LogP contribution in [0.5, 0.6) is 0 Å². The van der Waals surface area contributed by atoms with Gasteiger partial charge >= 0.3 is 5.97 Å². The molecule has 5 nitrogen and oxygen atoms in total. The first-order valence-corrected chi connectivity index (χ1v) is 4.82. The molecule has 0 aromatic heterocycles. The van der Waals surface area contributed by atoms with Crippen molar-refractivity contribution in [3.63, 3.8) is 0 Å². The van der Waals surface area contributed by atoms with Gasteiger partial charge in [-0.2, -0.15) is 0 Å². The Kier molecular flexibility index (Phi) is 6.01. The fraction of sp³-hybridized carbons (Fsp3) is 0.500. The highest BCUT2D eigenvalue weighted by Gasteiger charge is 2.32. The van der Waals surface area contributed by atoms with Crippen LogP contribution in [0.4, 0.5) is 0 Å². The highest BCUT2D eigenvalue weighted by Crippen LogP contribution is 2.12. The summed E-state index contributed by atoms with van der Waals surface area (Å²) in [5.41, 5.74) is 0. The molecule has 1 fully saturated rings.